The van der Waals surface area contributed by atoms with Crippen LogP contribution in [-0.4, -0.2) is 56.4 Å². The van der Waals surface area contributed by atoms with E-state index in [0.29, 0.717) is 11.8 Å². The summed E-state index contributed by atoms with van der Waals surface area (Å²) in [6, 6.07) is 11.5. The van der Waals surface area contributed by atoms with Crippen molar-refractivity contribution in [2.45, 2.75) is 30.1 Å². The molecule has 0 aliphatic carbocycles. The van der Waals surface area contributed by atoms with Crippen LogP contribution in [0.2, 0.25) is 0 Å². The van der Waals surface area contributed by atoms with Gasteiger partial charge in [-0.15, -0.1) is 0 Å². The van der Waals surface area contributed by atoms with Crippen molar-refractivity contribution in [1.29, 1.82) is 0 Å². The molecule has 2 heterocycles. The molecular formula is C22H27FN2O3S. The first-order chi connectivity index (χ1) is 14.0. The molecule has 2 atom stereocenters. The maximum atomic E-state index is 13.1. The lowest BCUT2D eigenvalue weighted by molar-refractivity contribution is 0.185. The highest BCUT2D eigenvalue weighted by atomic mass is 32.2. The number of aromatic hydroxyl groups is 2. The molecule has 0 spiro atoms. The lowest BCUT2D eigenvalue weighted by Gasteiger charge is -2.33. The summed E-state index contributed by atoms with van der Waals surface area (Å²) in [6.07, 6.45) is 3.12. The lowest BCUT2D eigenvalue weighted by atomic mass is 9.89. The minimum absolute atomic E-state index is 0.187. The Kier molecular flexibility index (Phi) is 6.18. The fourth-order valence-corrected chi connectivity index (χ4v) is 5.80. The normalized spacial score (nSPS) is 22.7. The van der Waals surface area contributed by atoms with Crippen LogP contribution in [0.3, 0.4) is 0 Å². The van der Waals surface area contributed by atoms with Crippen molar-refractivity contribution in [1.82, 2.24) is 9.21 Å². The van der Waals surface area contributed by atoms with Crippen molar-refractivity contribution >= 4 is 11.0 Å². The molecule has 2 fully saturated rings. The molecule has 156 valence electrons. The van der Waals surface area contributed by atoms with Crippen molar-refractivity contribution in [3.05, 3.63) is 53.8 Å². The molecule has 0 radical (unpaired) electrons. The highest BCUT2D eigenvalue weighted by Crippen LogP contribution is 2.34. The zero-order valence-corrected chi connectivity index (χ0v) is 17.2. The van der Waals surface area contributed by atoms with Gasteiger partial charge in [-0.05, 0) is 74.0 Å². The van der Waals surface area contributed by atoms with Crippen LogP contribution in [0.15, 0.2) is 47.4 Å². The van der Waals surface area contributed by atoms with Gasteiger partial charge in [0.2, 0.25) is 0 Å². The zero-order chi connectivity index (χ0) is 20.4. The van der Waals surface area contributed by atoms with Crippen LogP contribution in [0.1, 0.15) is 30.7 Å². The second-order valence-corrected chi connectivity index (χ2v) is 9.50. The van der Waals surface area contributed by atoms with Crippen LogP contribution >= 0.6 is 0 Å². The average Bonchev–Trinajstić information content (AvgIpc) is 3.19. The number of piperidine rings is 1. The first-order valence-corrected chi connectivity index (χ1v) is 11.3. The maximum absolute atomic E-state index is 13.1. The third kappa shape index (κ3) is 4.63. The van der Waals surface area contributed by atoms with Crippen LogP contribution in [0.5, 0.6) is 11.5 Å². The van der Waals surface area contributed by atoms with Crippen LogP contribution in [0, 0.1) is 11.7 Å². The standard InChI is InChI=1S/C22H27FN2O3S/c23-19-6-4-17(5-7-19)18-9-11-24(12-10-18)14-16-8-13-25(15-16)29(28)21-3-1-2-20(26)22(21)27/h1-7,16,18,26-27H,8-15H2. The van der Waals surface area contributed by atoms with Crippen molar-refractivity contribution in [2.24, 2.45) is 5.92 Å². The molecule has 0 amide bonds. The van der Waals surface area contributed by atoms with E-state index in [-0.39, 0.29) is 22.2 Å². The summed E-state index contributed by atoms with van der Waals surface area (Å²) in [5.74, 6) is 0.218. The molecule has 2 N–H and O–H groups in total. The van der Waals surface area contributed by atoms with Gasteiger partial charge in [0, 0.05) is 19.6 Å². The Morgan fingerprint density at radius 3 is 2.45 bits per heavy atom. The van der Waals surface area contributed by atoms with Gasteiger partial charge in [-0.25, -0.2) is 12.9 Å². The Bertz CT molecular complexity index is 869. The molecular weight excluding hydrogens is 391 g/mol. The number of hydrogen-bond donors (Lipinski definition) is 2. The minimum atomic E-state index is -1.47. The summed E-state index contributed by atoms with van der Waals surface area (Å²) >= 11 is 0. The Morgan fingerprint density at radius 2 is 1.72 bits per heavy atom. The molecule has 2 aliphatic heterocycles. The van der Waals surface area contributed by atoms with Crippen molar-refractivity contribution in [3.63, 3.8) is 0 Å². The van der Waals surface area contributed by atoms with Gasteiger partial charge in [0.1, 0.15) is 21.7 Å². The molecule has 5 nitrogen and oxygen atoms in total. The fraction of sp³-hybridized carbons (Fsp3) is 0.455. The van der Waals surface area contributed by atoms with E-state index in [0.717, 1.165) is 52.0 Å². The molecule has 2 aromatic rings. The summed E-state index contributed by atoms with van der Waals surface area (Å²) in [5, 5.41) is 19.6. The molecule has 0 aromatic heterocycles. The summed E-state index contributed by atoms with van der Waals surface area (Å²) < 4.78 is 27.8. The van der Waals surface area contributed by atoms with E-state index in [4.69, 9.17) is 0 Å². The SMILES string of the molecule is O=S(c1cccc(O)c1O)N1CCC(CN2CCC(c3ccc(F)cc3)CC2)C1. The molecule has 0 saturated carbocycles. The van der Waals surface area contributed by atoms with Crippen LogP contribution < -0.4 is 0 Å². The highest BCUT2D eigenvalue weighted by molar-refractivity contribution is 7.82. The van der Waals surface area contributed by atoms with Gasteiger partial charge in [0.25, 0.3) is 0 Å². The van der Waals surface area contributed by atoms with E-state index < -0.39 is 11.0 Å². The van der Waals surface area contributed by atoms with E-state index in [1.54, 1.807) is 24.3 Å². The van der Waals surface area contributed by atoms with E-state index in [1.165, 1.54) is 11.6 Å². The molecule has 0 bridgehead atoms. The zero-order valence-electron chi connectivity index (χ0n) is 16.3. The predicted octanol–water partition coefficient (Wildman–Crippen LogP) is 3.46. The average molecular weight is 419 g/mol. The number of rotatable bonds is 5. The summed E-state index contributed by atoms with van der Waals surface area (Å²) in [5.41, 5.74) is 1.22. The van der Waals surface area contributed by atoms with Gasteiger partial charge >= 0.3 is 0 Å². The molecule has 2 aliphatic rings. The number of phenols is 2. The van der Waals surface area contributed by atoms with Crippen molar-refractivity contribution in [2.75, 3.05) is 32.7 Å². The summed E-state index contributed by atoms with van der Waals surface area (Å²) in [4.78, 5) is 2.74. The smallest absolute Gasteiger partial charge is 0.175 e. The molecule has 2 aromatic carbocycles. The van der Waals surface area contributed by atoms with Gasteiger partial charge in [-0.3, -0.25) is 0 Å². The number of para-hydroxylation sites is 1. The second kappa shape index (κ2) is 8.81. The first-order valence-electron chi connectivity index (χ1n) is 10.2. The third-order valence-corrected chi connectivity index (χ3v) is 7.60. The fourth-order valence-electron chi connectivity index (χ4n) is 4.44. The van der Waals surface area contributed by atoms with Crippen molar-refractivity contribution < 1.29 is 18.8 Å². The molecule has 7 heteroatoms. The number of likely N-dealkylation sites (tertiary alicyclic amines) is 1. The number of phenolic OH excluding ortho intramolecular Hbond substituents is 2. The summed E-state index contributed by atoms with van der Waals surface area (Å²) in [7, 11) is -1.47. The quantitative estimate of drug-likeness (QED) is 0.730. The van der Waals surface area contributed by atoms with Crippen molar-refractivity contribution in [3.8, 4) is 11.5 Å². The third-order valence-electron chi connectivity index (χ3n) is 6.09. The van der Waals surface area contributed by atoms with Crippen LogP contribution in [0.25, 0.3) is 0 Å². The van der Waals surface area contributed by atoms with Gasteiger partial charge in [-0.2, -0.15) is 0 Å². The summed E-state index contributed by atoms with van der Waals surface area (Å²) in [6.45, 7) is 4.47. The molecule has 29 heavy (non-hydrogen) atoms. The van der Waals surface area contributed by atoms with E-state index in [1.807, 2.05) is 16.4 Å². The Labute approximate surface area is 173 Å². The van der Waals surface area contributed by atoms with Gasteiger partial charge in [-0.1, -0.05) is 18.2 Å². The predicted molar refractivity (Wildman–Crippen MR) is 111 cm³/mol. The van der Waals surface area contributed by atoms with Crippen LogP contribution in [0.4, 0.5) is 4.39 Å². The Balaban J connectivity index is 1.28. The largest absolute Gasteiger partial charge is 0.504 e. The monoisotopic (exact) mass is 418 g/mol. The lowest BCUT2D eigenvalue weighted by Crippen LogP contribution is -2.37. The molecule has 2 unspecified atom stereocenters. The first kappa shape index (κ1) is 20.3. The minimum Gasteiger partial charge on any atom is -0.504 e. The number of halogens is 1. The number of hydrogen-bond acceptors (Lipinski definition) is 4. The molecule has 4 rings (SSSR count). The number of nitrogens with zero attached hydrogens (tertiary/aromatic N) is 2. The van der Waals surface area contributed by atoms with Gasteiger partial charge in [0.15, 0.2) is 11.5 Å². The van der Waals surface area contributed by atoms with Gasteiger partial charge < -0.3 is 15.1 Å². The van der Waals surface area contributed by atoms with E-state index in [9.17, 15) is 18.8 Å². The van der Waals surface area contributed by atoms with E-state index >= 15 is 0 Å². The maximum Gasteiger partial charge on any atom is 0.175 e. The van der Waals surface area contributed by atoms with Crippen LogP contribution in [-0.2, 0) is 11.0 Å². The topological polar surface area (TPSA) is 64.0 Å². The molecule has 2 saturated heterocycles. The number of benzene rings is 2. The highest BCUT2D eigenvalue weighted by Gasteiger charge is 2.31. The van der Waals surface area contributed by atoms with Gasteiger partial charge in [0.05, 0.1) is 0 Å². The second-order valence-electron chi connectivity index (χ2n) is 8.04. The Morgan fingerprint density at radius 1 is 1.00 bits per heavy atom. The Hall–Kier alpha value is -1.96. The van der Waals surface area contributed by atoms with E-state index in [2.05, 4.69) is 4.90 Å².